The van der Waals surface area contributed by atoms with Crippen LogP contribution in [-0.4, -0.2) is 27.4 Å². The number of nitrogens with zero attached hydrogens (tertiary/aromatic N) is 1. The van der Waals surface area contributed by atoms with Crippen LogP contribution in [0.25, 0.3) is 0 Å². The lowest BCUT2D eigenvalue weighted by Gasteiger charge is -2.28. The Kier molecular flexibility index (Phi) is 5.03. The van der Waals surface area contributed by atoms with E-state index in [0.717, 1.165) is 29.0 Å². The van der Waals surface area contributed by atoms with Gasteiger partial charge >= 0.3 is 0 Å². The zero-order valence-electron chi connectivity index (χ0n) is 13.5. The van der Waals surface area contributed by atoms with Crippen LogP contribution in [0, 0.1) is 0 Å². The molecule has 0 fully saturated rings. The van der Waals surface area contributed by atoms with E-state index in [4.69, 9.17) is 0 Å². The zero-order valence-corrected chi connectivity index (χ0v) is 15.1. The zero-order chi connectivity index (χ0) is 17.2. The number of carbonyl (C=O) groups is 1. The van der Waals surface area contributed by atoms with Crippen LogP contribution in [0.3, 0.4) is 0 Å². The molecule has 0 radical (unpaired) electrons. The molecule has 0 saturated heterocycles. The highest BCUT2D eigenvalue weighted by molar-refractivity contribution is 7.89. The van der Waals surface area contributed by atoms with E-state index < -0.39 is 10.0 Å². The Morgan fingerprint density at radius 3 is 2.88 bits per heavy atom. The SMILES string of the molecule is CC(=O)N1CCCc2cc(S(=O)(=O)NCCc3cccs3)ccc21. The van der Waals surface area contributed by atoms with Gasteiger partial charge in [-0.25, -0.2) is 13.1 Å². The van der Waals surface area contributed by atoms with E-state index in [-0.39, 0.29) is 10.8 Å². The third-order valence-electron chi connectivity index (χ3n) is 4.10. The molecular formula is C17H20N2O3S2. The molecule has 128 valence electrons. The van der Waals surface area contributed by atoms with Gasteiger partial charge in [0.2, 0.25) is 15.9 Å². The van der Waals surface area contributed by atoms with Crippen LogP contribution in [0.5, 0.6) is 0 Å². The minimum absolute atomic E-state index is 0.0133. The van der Waals surface area contributed by atoms with E-state index in [1.807, 2.05) is 17.5 Å². The number of rotatable bonds is 5. The summed E-state index contributed by atoms with van der Waals surface area (Å²) < 4.78 is 27.6. The van der Waals surface area contributed by atoms with Crippen molar-refractivity contribution in [3.8, 4) is 0 Å². The number of sulfonamides is 1. The van der Waals surface area contributed by atoms with Gasteiger partial charge in [-0.2, -0.15) is 0 Å². The van der Waals surface area contributed by atoms with Crippen LogP contribution in [-0.2, 0) is 27.7 Å². The topological polar surface area (TPSA) is 66.5 Å². The number of hydrogen-bond acceptors (Lipinski definition) is 4. The first-order chi connectivity index (χ1) is 11.5. The van der Waals surface area contributed by atoms with Crippen LogP contribution in [0.2, 0.25) is 0 Å². The molecule has 2 heterocycles. The maximum absolute atomic E-state index is 12.5. The van der Waals surface area contributed by atoms with Gasteiger partial charge in [0.1, 0.15) is 0 Å². The third-order valence-corrected chi connectivity index (χ3v) is 6.50. The summed E-state index contributed by atoms with van der Waals surface area (Å²) in [6.45, 7) is 2.60. The molecule has 0 aliphatic carbocycles. The number of amides is 1. The molecule has 0 spiro atoms. The van der Waals surface area contributed by atoms with E-state index in [0.29, 0.717) is 19.5 Å². The Balaban J connectivity index is 1.75. The molecule has 1 N–H and O–H groups in total. The predicted molar refractivity (Wildman–Crippen MR) is 96.0 cm³/mol. The van der Waals surface area contributed by atoms with Gasteiger partial charge in [-0.15, -0.1) is 11.3 Å². The summed E-state index contributed by atoms with van der Waals surface area (Å²) in [4.78, 5) is 14.8. The Labute approximate surface area is 146 Å². The smallest absolute Gasteiger partial charge is 0.240 e. The number of aryl methyl sites for hydroxylation is 1. The first kappa shape index (κ1) is 17.1. The van der Waals surface area contributed by atoms with Gasteiger partial charge in [-0.05, 0) is 54.5 Å². The number of benzene rings is 1. The lowest BCUT2D eigenvalue weighted by atomic mass is 10.0. The van der Waals surface area contributed by atoms with Crippen molar-refractivity contribution < 1.29 is 13.2 Å². The van der Waals surface area contributed by atoms with Gasteiger partial charge in [0, 0.05) is 30.6 Å². The average molecular weight is 364 g/mol. The Bertz CT molecular complexity index is 830. The second-order valence-corrected chi connectivity index (χ2v) is 8.59. The maximum Gasteiger partial charge on any atom is 0.240 e. The monoisotopic (exact) mass is 364 g/mol. The summed E-state index contributed by atoms with van der Waals surface area (Å²) in [5.74, 6) is -0.0133. The molecule has 2 aromatic rings. The Hall–Kier alpha value is -1.70. The number of anilines is 1. The van der Waals surface area contributed by atoms with Crippen molar-refractivity contribution in [1.82, 2.24) is 4.72 Å². The van der Waals surface area contributed by atoms with Gasteiger partial charge in [-0.1, -0.05) is 6.07 Å². The highest BCUT2D eigenvalue weighted by atomic mass is 32.2. The quantitative estimate of drug-likeness (QED) is 0.887. The van der Waals surface area contributed by atoms with Crippen molar-refractivity contribution in [2.45, 2.75) is 31.1 Å². The molecule has 5 nitrogen and oxygen atoms in total. The number of fused-ring (bicyclic) bond motifs is 1. The highest BCUT2D eigenvalue weighted by Gasteiger charge is 2.22. The fourth-order valence-corrected chi connectivity index (χ4v) is 4.71. The van der Waals surface area contributed by atoms with Crippen LogP contribution in [0.1, 0.15) is 23.8 Å². The van der Waals surface area contributed by atoms with Crippen molar-refractivity contribution in [1.29, 1.82) is 0 Å². The fourth-order valence-electron chi connectivity index (χ4n) is 2.91. The molecule has 3 rings (SSSR count). The second kappa shape index (κ2) is 7.04. The first-order valence-electron chi connectivity index (χ1n) is 7.90. The van der Waals surface area contributed by atoms with Crippen molar-refractivity contribution in [3.63, 3.8) is 0 Å². The summed E-state index contributed by atoms with van der Waals surface area (Å²) >= 11 is 1.62. The molecule has 1 aliphatic heterocycles. The summed E-state index contributed by atoms with van der Waals surface area (Å²) in [6.07, 6.45) is 2.32. The summed E-state index contributed by atoms with van der Waals surface area (Å²) in [5.41, 5.74) is 1.74. The number of nitrogens with one attached hydrogen (secondary N) is 1. The lowest BCUT2D eigenvalue weighted by Crippen LogP contribution is -2.33. The second-order valence-electron chi connectivity index (χ2n) is 5.79. The van der Waals surface area contributed by atoms with Crippen molar-refractivity contribution >= 4 is 33.0 Å². The molecule has 7 heteroatoms. The summed E-state index contributed by atoms with van der Waals surface area (Å²) in [6, 6.07) is 8.96. The van der Waals surface area contributed by atoms with E-state index in [1.165, 1.54) is 6.92 Å². The van der Waals surface area contributed by atoms with E-state index >= 15 is 0 Å². The van der Waals surface area contributed by atoms with Gasteiger partial charge in [-0.3, -0.25) is 4.79 Å². The Morgan fingerprint density at radius 1 is 1.33 bits per heavy atom. The van der Waals surface area contributed by atoms with Crippen LogP contribution in [0.4, 0.5) is 5.69 Å². The molecule has 0 bridgehead atoms. The minimum Gasteiger partial charge on any atom is -0.312 e. The van der Waals surface area contributed by atoms with Crippen LogP contribution >= 0.6 is 11.3 Å². The first-order valence-corrected chi connectivity index (χ1v) is 10.3. The van der Waals surface area contributed by atoms with Crippen LogP contribution in [0.15, 0.2) is 40.6 Å². The standard InChI is InChI=1S/C17H20N2O3S2/c1-13(20)19-10-2-4-14-12-16(6-7-17(14)19)24(21,22)18-9-8-15-5-3-11-23-15/h3,5-7,11-12,18H,2,4,8-10H2,1H3. The number of thiophene rings is 1. The summed E-state index contributed by atoms with van der Waals surface area (Å²) in [5, 5.41) is 1.98. The third kappa shape index (κ3) is 3.68. The van der Waals surface area contributed by atoms with Crippen molar-refractivity contribution in [3.05, 3.63) is 46.2 Å². The highest BCUT2D eigenvalue weighted by Crippen LogP contribution is 2.29. The van der Waals surface area contributed by atoms with E-state index in [9.17, 15) is 13.2 Å². The average Bonchev–Trinajstić information content (AvgIpc) is 3.06. The van der Waals surface area contributed by atoms with Gasteiger partial charge < -0.3 is 4.90 Å². The normalized spacial score (nSPS) is 14.5. The predicted octanol–water partition coefficient (Wildman–Crippen LogP) is 2.57. The fraction of sp³-hybridized carbons (Fsp3) is 0.353. The molecule has 1 aromatic carbocycles. The molecule has 24 heavy (non-hydrogen) atoms. The number of carbonyl (C=O) groups excluding carboxylic acids is 1. The van der Waals surface area contributed by atoms with E-state index in [2.05, 4.69) is 4.72 Å². The van der Waals surface area contributed by atoms with E-state index in [1.54, 1.807) is 34.4 Å². The Morgan fingerprint density at radius 2 is 2.17 bits per heavy atom. The van der Waals surface area contributed by atoms with Crippen molar-refractivity contribution in [2.24, 2.45) is 0 Å². The van der Waals surface area contributed by atoms with Gasteiger partial charge in [0.15, 0.2) is 0 Å². The maximum atomic E-state index is 12.5. The van der Waals surface area contributed by atoms with Crippen molar-refractivity contribution in [2.75, 3.05) is 18.0 Å². The lowest BCUT2D eigenvalue weighted by molar-refractivity contribution is -0.116. The minimum atomic E-state index is -3.53. The molecular weight excluding hydrogens is 344 g/mol. The molecule has 1 aromatic heterocycles. The largest absolute Gasteiger partial charge is 0.312 e. The molecule has 0 atom stereocenters. The molecule has 0 saturated carbocycles. The molecule has 1 amide bonds. The number of hydrogen-bond donors (Lipinski definition) is 1. The van der Waals surface area contributed by atoms with Crippen LogP contribution < -0.4 is 9.62 Å². The van der Waals surface area contributed by atoms with Gasteiger partial charge in [0.05, 0.1) is 4.90 Å². The summed E-state index contributed by atoms with van der Waals surface area (Å²) in [7, 11) is -3.53. The van der Waals surface area contributed by atoms with Gasteiger partial charge in [0.25, 0.3) is 0 Å². The molecule has 1 aliphatic rings. The molecule has 0 unspecified atom stereocenters.